The Balaban J connectivity index is 1.70. The molecule has 6 heteroatoms. The van der Waals surface area contributed by atoms with Gasteiger partial charge in [0, 0.05) is 6.42 Å². The normalized spacial score (nSPS) is 11.2. The molecule has 0 spiro atoms. The third-order valence-electron chi connectivity index (χ3n) is 6.90. The van der Waals surface area contributed by atoms with Gasteiger partial charge in [0.15, 0.2) is 5.75 Å². The maximum Gasteiger partial charge on any atom is 0.311 e. The fourth-order valence-electron chi connectivity index (χ4n) is 4.42. The Bertz CT molecular complexity index is 1040. The van der Waals surface area contributed by atoms with Crippen molar-refractivity contribution >= 4 is 17.3 Å². The van der Waals surface area contributed by atoms with Crippen molar-refractivity contribution in [1.29, 1.82) is 0 Å². The number of hydrogen-bond donors (Lipinski definition) is 0. The zero-order valence-corrected chi connectivity index (χ0v) is 24.9. The number of hydrogen-bond acceptors (Lipinski definition) is 6. The first kappa shape index (κ1) is 33.2. The fourth-order valence-corrected chi connectivity index (χ4v) is 4.42. The molecule has 220 valence electrons. The molecule has 0 aliphatic heterocycles. The molecular weight excluding hydrogens is 500 g/mol. The largest absolute Gasteiger partial charge is 0.494 e. The third kappa shape index (κ3) is 15.5. The average molecular weight is 551 g/mol. The molecule has 6 nitrogen and oxygen atoms in total. The van der Waals surface area contributed by atoms with Crippen LogP contribution in [0.3, 0.4) is 0 Å². The summed E-state index contributed by atoms with van der Waals surface area (Å²) in [5.41, 5.74) is 0.825. The van der Waals surface area contributed by atoms with Crippen molar-refractivity contribution in [2.75, 3.05) is 6.61 Å². The number of unbranched alkanes of at least 4 members (excludes halogenated alkanes) is 14. The van der Waals surface area contributed by atoms with Gasteiger partial charge in [-0.05, 0) is 61.4 Å². The summed E-state index contributed by atoms with van der Waals surface area (Å²) < 4.78 is 11.2. The van der Waals surface area contributed by atoms with E-state index in [2.05, 4.69) is 24.1 Å². The Morgan fingerprint density at radius 3 is 1.65 bits per heavy atom. The number of nitrogens with zero attached hydrogens (tertiary/aromatic N) is 2. The van der Waals surface area contributed by atoms with Gasteiger partial charge in [0.25, 0.3) is 0 Å². The molecule has 0 saturated carbocycles. The molecule has 0 aliphatic rings. The van der Waals surface area contributed by atoms with Crippen molar-refractivity contribution in [3.8, 4) is 11.5 Å². The lowest BCUT2D eigenvalue weighted by atomic mass is 10.1. The van der Waals surface area contributed by atoms with E-state index in [4.69, 9.17) is 9.47 Å². The van der Waals surface area contributed by atoms with Crippen molar-refractivity contribution in [3.63, 3.8) is 0 Å². The lowest BCUT2D eigenvalue weighted by Gasteiger charge is -2.06. The van der Waals surface area contributed by atoms with Crippen LogP contribution in [0, 0.1) is 0 Å². The van der Waals surface area contributed by atoms with E-state index in [1.807, 2.05) is 24.3 Å². The standard InChI is InChI=1S/C34H50N2O4/c1-3-5-7-9-11-12-14-16-18-28-39-31-24-20-29(21-25-31)35-36-30-22-26-32(37)33(27-23-30)40-34(38)19-17-15-13-10-8-6-4-2/h20-27H,3-19,28H2,1-2H3. The highest BCUT2D eigenvalue weighted by molar-refractivity contribution is 5.72. The molecule has 2 rings (SSSR count). The molecule has 0 unspecified atom stereocenters. The first-order chi connectivity index (χ1) is 19.6. The van der Waals surface area contributed by atoms with Crippen LogP contribution in [0.15, 0.2) is 63.6 Å². The maximum absolute atomic E-state index is 12.3. The summed E-state index contributed by atoms with van der Waals surface area (Å²) in [5, 5.41) is 8.49. The summed E-state index contributed by atoms with van der Waals surface area (Å²) in [6, 6.07) is 13.5. The Morgan fingerprint density at radius 1 is 0.600 bits per heavy atom. The summed E-state index contributed by atoms with van der Waals surface area (Å²) >= 11 is 0. The fraction of sp³-hybridized carbons (Fsp3) is 0.588. The van der Waals surface area contributed by atoms with Crippen LogP contribution >= 0.6 is 0 Å². The minimum atomic E-state index is -0.375. The molecule has 0 atom stereocenters. The van der Waals surface area contributed by atoms with Gasteiger partial charge in [-0.25, -0.2) is 0 Å². The molecule has 2 aromatic carbocycles. The number of ether oxygens (including phenoxy) is 2. The first-order valence-corrected chi connectivity index (χ1v) is 15.6. The van der Waals surface area contributed by atoms with Crippen molar-refractivity contribution in [3.05, 3.63) is 58.8 Å². The van der Waals surface area contributed by atoms with E-state index < -0.39 is 0 Å². The van der Waals surface area contributed by atoms with Crippen LogP contribution in [0.5, 0.6) is 11.5 Å². The Labute approximate surface area is 241 Å². The molecule has 0 saturated heterocycles. The second kappa shape index (κ2) is 21.8. The summed E-state index contributed by atoms with van der Waals surface area (Å²) in [4.78, 5) is 24.5. The van der Waals surface area contributed by atoms with Gasteiger partial charge in [0.1, 0.15) is 5.75 Å². The zero-order chi connectivity index (χ0) is 28.7. The Hall–Kier alpha value is -3.02. The molecule has 0 radical (unpaired) electrons. The summed E-state index contributed by atoms with van der Waals surface area (Å²) in [6.45, 7) is 5.17. The maximum atomic E-state index is 12.3. The SMILES string of the molecule is CCCCCCCCCCCOc1ccc(N=Nc2ccc(OC(=O)CCCCCCCCC)c(=O)cc2)cc1. The zero-order valence-electron chi connectivity index (χ0n) is 24.9. The van der Waals surface area contributed by atoms with Gasteiger partial charge >= 0.3 is 5.97 Å². The van der Waals surface area contributed by atoms with E-state index in [1.54, 1.807) is 12.1 Å². The molecule has 0 aromatic heterocycles. The molecule has 0 heterocycles. The summed E-state index contributed by atoms with van der Waals surface area (Å²) in [6.07, 6.45) is 19.8. The number of carbonyl (C=O) groups excluding carboxylic acids is 1. The number of carbonyl (C=O) groups is 1. The van der Waals surface area contributed by atoms with E-state index >= 15 is 0 Å². The van der Waals surface area contributed by atoms with Crippen molar-refractivity contribution in [2.45, 2.75) is 123 Å². The quantitative estimate of drug-likeness (QED) is 0.0830. The number of esters is 1. The van der Waals surface area contributed by atoms with Gasteiger partial charge in [-0.15, -0.1) is 0 Å². The van der Waals surface area contributed by atoms with Crippen LogP contribution in [-0.2, 0) is 4.79 Å². The predicted octanol–water partition coefficient (Wildman–Crippen LogP) is 10.4. The van der Waals surface area contributed by atoms with E-state index in [-0.39, 0.29) is 17.1 Å². The molecule has 0 aliphatic carbocycles. The van der Waals surface area contributed by atoms with Gasteiger partial charge in [-0.3, -0.25) is 9.59 Å². The minimum Gasteiger partial charge on any atom is -0.494 e. The van der Waals surface area contributed by atoms with Gasteiger partial charge in [-0.2, -0.15) is 10.2 Å². The monoisotopic (exact) mass is 550 g/mol. The number of azo groups is 1. The summed E-state index contributed by atoms with van der Waals surface area (Å²) in [5.74, 6) is 0.464. The number of benzene rings is 1. The Morgan fingerprint density at radius 2 is 1.07 bits per heavy atom. The summed E-state index contributed by atoms with van der Waals surface area (Å²) in [7, 11) is 0. The lowest BCUT2D eigenvalue weighted by Crippen LogP contribution is -2.12. The van der Waals surface area contributed by atoms with E-state index in [1.165, 1.54) is 89.2 Å². The minimum absolute atomic E-state index is 0.0165. The predicted molar refractivity (Wildman–Crippen MR) is 164 cm³/mol. The number of rotatable bonds is 22. The van der Waals surface area contributed by atoms with Crippen LogP contribution in [-0.4, -0.2) is 12.6 Å². The molecule has 40 heavy (non-hydrogen) atoms. The topological polar surface area (TPSA) is 77.3 Å². The van der Waals surface area contributed by atoms with Crippen LogP contribution in [0.4, 0.5) is 11.4 Å². The van der Waals surface area contributed by atoms with Crippen LogP contribution in [0.2, 0.25) is 0 Å². The first-order valence-electron chi connectivity index (χ1n) is 15.6. The van der Waals surface area contributed by atoms with Crippen LogP contribution < -0.4 is 14.9 Å². The second-order valence-electron chi connectivity index (χ2n) is 10.5. The van der Waals surface area contributed by atoms with E-state index in [0.717, 1.165) is 38.0 Å². The van der Waals surface area contributed by atoms with Gasteiger partial charge in [0.2, 0.25) is 5.43 Å². The molecule has 0 fully saturated rings. The molecule has 0 N–H and O–H groups in total. The van der Waals surface area contributed by atoms with Crippen molar-refractivity contribution in [1.82, 2.24) is 0 Å². The molecule has 0 amide bonds. The van der Waals surface area contributed by atoms with Gasteiger partial charge < -0.3 is 9.47 Å². The second-order valence-corrected chi connectivity index (χ2v) is 10.5. The third-order valence-corrected chi connectivity index (χ3v) is 6.90. The smallest absolute Gasteiger partial charge is 0.311 e. The van der Waals surface area contributed by atoms with Crippen LogP contribution in [0.1, 0.15) is 123 Å². The van der Waals surface area contributed by atoms with Crippen molar-refractivity contribution < 1.29 is 14.3 Å². The van der Waals surface area contributed by atoms with Gasteiger partial charge in [-0.1, -0.05) is 104 Å². The highest BCUT2D eigenvalue weighted by atomic mass is 16.5. The van der Waals surface area contributed by atoms with E-state index in [9.17, 15) is 9.59 Å². The molecule has 2 aromatic rings. The highest BCUT2D eigenvalue weighted by Gasteiger charge is 2.07. The molecule has 0 bridgehead atoms. The molecular formula is C34H50N2O4. The lowest BCUT2D eigenvalue weighted by molar-refractivity contribution is -0.134. The van der Waals surface area contributed by atoms with Gasteiger partial charge in [0.05, 0.1) is 18.0 Å². The van der Waals surface area contributed by atoms with Crippen molar-refractivity contribution in [2.24, 2.45) is 10.2 Å². The van der Waals surface area contributed by atoms with E-state index in [0.29, 0.717) is 17.8 Å². The Kier molecular flexibility index (Phi) is 18.1. The highest BCUT2D eigenvalue weighted by Crippen LogP contribution is 2.22. The van der Waals surface area contributed by atoms with Crippen LogP contribution in [0.25, 0.3) is 0 Å². The average Bonchev–Trinajstić information content (AvgIpc) is 3.14.